The molecule has 3 rings (SSSR count). The van der Waals surface area contributed by atoms with Crippen LogP contribution >= 0.6 is 0 Å². The Bertz CT molecular complexity index is 794. The van der Waals surface area contributed by atoms with Crippen LogP contribution in [-0.2, 0) is 7.05 Å². The van der Waals surface area contributed by atoms with Gasteiger partial charge in [0.15, 0.2) is 0 Å². The van der Waals surface area contributed by atoms with Crippen LogP contribution in [0.15, 0.2) is 12.3 Å². The van der Waals surface area contributed by atoms with E-state index in [4.69, 9.17) is 4.74 Å². The van der Waals surface area contributed by atoms with Gasteiger partial charge in [-0.3, -0.25) is 9.48 Å². The fraction of sp³-hybridized carbons (Fsp3) is 0.529. The molecule has 0 atom stereocenters. The Hall–Kier alpha value is -2.84. The Balaban J connectivity index is 1.70. The molecule has 0 aromatic carbocycles. The first-order valence-corrected chi connectivity index (χ1v) is 8.54. The number of hydrogen-bond donors (Lipinski definition) is 0. The zero-order valence-corrected chi connectivity index (χ0v) is 15.9. The third-order valence-corrected chi connectivity index (χ3v) is 4.38. The fourth-order valence-electron chi connectivity index (χ4n) is 3.00. The summed E-state index contributed by atoms with van der Waals surface area (Å²) in [6.45, 7) is 4.58. The highest BCUT2D eigenvalue weighted by atomic mass is 16.5. The molecule has 26 heavy (non-hydrogen) atoms. The molecule has 3 heterocycles. The maximum Gasteiger partial charge on any atom is 0.261 e. The molecule has 0 aliphatic carbocycles. The van der Waals surface area contributed by atoms with Crippen molar-refractivity contribution in [3.63, 3.8) is 0 Å². The lowest BCUT2D eigenvalue weighted by atomic mass is 10.2. The molecule has 0 saturated carbocycles. The number of anilines is 2. The second-order valence-corrected chi connectivity index (χ2v) is 6.53. The smallest absolute Gasteiger partial charge is 0.261 e. The zero-order valence-electron chi connectivity index (χ0n) is 15.9. The van der Waals surface area contributed by atoms with Crippen molar-refractivity contribution >= 4 is 17.5 Å². The highest BCUT2D eigenvalue weighted by molar-refractivity contribution is 5.96. The zero-order chi connectivity index (χ0) is 18.8. The summed E-state index contributed by atoms with van der Waals surface area (Å²) in [6.07, 6.45) is 1.70. The number of rotatable bonds is 4. The lowest BCUT2D eigenvalue weighted by Crippen LogP contribution is -2.49. The monoisotopic (exact) mass is 359 g/mol. The number of methoxy groups -OCH3 is 1. The van der Waals surface area contributed by atoms with Crippen molar-refractivity contribution in [3.8, 4) is 5.88 Å². The lowest BCUT2D eigenvalue weighted by molar-refractivity contribution is 0.0743. The van der Waals surface area contributed by atoms with Gasteiger partial charge in [0.25, 0.3) is 5.91 Å². The number of amides is 1. The Labute approximate surface area is 153 Å². The van der Waals surface area contributed by atoms with Crippen molar-refractivity contribution < 1.29 is 9.53 Å². The number of carbonyl (C=O) groups is 1. The second-order valence-electron chi connectivity index (χ2n) is 6.53. The van der Waals surface area contributed by atoms with Crippen LogP contribution in [-0.4, -0.2) is 77.9 Å². The van der Waals surface area contributed by atoms with Crippen LogP contribution in [0.3, 0.4) is 0 Å². The van der Waals surface area contributed by atoms with Crippen molar-refractivity contribution in [2.75, 3.05) is 57.2 Å². The van der Waals surface area contributed by atoms with Gasteiger partial charge in [-0.1, -0.05) is 0 Å². The van der Waals surface area contributed by atoms with Crippen molar-refractivity contribution in [2.45, 2.75) is 6.92 Å². The number of hydrogen-bond acceptors (Lipinski definition) is 7. The highest BCUT2D eigenvalue weighted by Gasteiger charge is 2.27. The Morgan fingerprint density at radius 3 is 2.50 bits per heavy atom. The summed E-state index contributed by atoms with van der Waals surface area (Å²) in [6, 6.07) is 1.98. The minimum atomic E-state index is -0.0533. The van der Waals surface area contributed by atoms with Crippen LogP contribution in [0.2, 0.25) is 0 Å². The van der Waals surface area contributed by atoms with E-state index in [0.29, 0.717) is 24.5 Å². The molecule has 9 heteroatoms. The first-order valence-electron chi connectivity index (χ1n) is 8.54. The number of ether oxygens (including phenoxy) is 1. The first-order chi connectivity index (χ1) is 12.4. The fourth-order valence-corrected chi connectivity index (χ4v) is 3.00. The Kier molecular flexibility index (Phi) is 4.97. The molecule has 0 N–H and O–H groups in total. The van der Waals surface area contributed by atoms with Crippen LogP contribution in [0, 0.1) is 6.92 Å². The molecule has 140 valence electrons. The van der Waals surface area contributed by atoms with E-state index >= 15 is 0 Å². The molecule has 1 saturated heterocycles. The van der Waals surface area contributed by atoms with Crippen LogP contribution in [0.5, 0.6) is 5.88 Å². The van der Waals surface area contributed by atoms with E-state index in [2.05, 4.69) is 20.0 Å². The van der Waals surface area contributed by atoms with Crippen LogP contribution in [0.1, 0.15) is 16.2 Å². The van der Waals surface area contributed by atoms with Gasteiger partial charge in [-0.05, 0) is 6.92 Å². The van der Waals surface area contributed by atoms with E-state index in [-0.39, 0.29) is 5.91 Å². The average molecular weight is 359 g/mol. The van der Waals surface area contributed by atoms with Crippen LogP contribution in [0.4, 0.5) is 11.6 Å². The van der Waals surface area contributed by atoms with E-state index in [0.717, 1.165) is 30.5 Å². The lowest BCUT2D eigenvalue weighted by Gasteiger charge is -2.35. The largest absolute Gasteiger partial charge is 0.479 e. The van der Waals surface area contributed by atoms with Gasteiger partial charge in [0.2, 0.25) is 5.88 Å². The molecule has 1 aliphatic heterocycles. The van der Waals surface area contributed by atoms with Crippen LogP contribution < -0.4 is 14.5 Å². The molecule has 0 radical (unpaired) electrons. The van der Waals surface area contributed by atoms with E-state index in [9.17, 15) is 4.79 Å². The van der Waals surface area contributed by atoms with Gasteiger partial charge in [0.1, 0.15) is 23.0 Å². The summed E-state index contributed by atoms with van der Waals surface area (Å²) in [5.74, 6) is 2.83. The molecule has 0 bridgehead atoms. The van der Waals surface area contributed by atoms with Crippen molar-refractivity contribution in [3.05, 3.63) is 23.7 Å². The topological polar surface area (TPSA) is 79.6 Å². The second kappa shape index (κ2) is 7.19. The predicted octanol–water partition coefficient (Wildman–Crippen LogP) is 0.556. The van der Waals surface area contributed by atoms with Crippen LogP contribution in [0.25, 0.3) is 0 Å². The summed E-state index contributed by atoms with van der Waals surface area (Å²) >= 11 is 0. The summed E-state index contributed by atoms with van der Waals surface area (Å²) < 4.78 is 6.80. The number of aromatic nitrogens is 4. The van der Waals surface area contributed by atoms with Crippen molar-refractivity contribution in [1.82, 2.24) is 24.6 Å². The maximum atomic E-state index is 12.8. The molecule has 1 fully saturated rings. The van der Waals surface area contributed by atoms with Gasteiger partial charge in [-0.15, -0.1) is 5.10 Å². The summed E-state index contributed by atoms with van der Waals surface area (Å²) in [4.78, 5) is 27.7. The van der Waals surface area contributed by atoms with E-state index in [1.54, 1.807) is 17.9 Å². The quantitative estimate of drug-likeness (QED) is 0.789. The standard InChI is InChI=1S/C17H25N7O2/c1-12-18-14(21(2)3)10-15(19-12)23-6-8-24(9-7-23)17(25)13-11-22(4)20-16(13)26-5/h10-11H,6-9H2,1-5H3. The Morgan fingerprint density at radius 2 is 1.88 bits per heavy atom. The van der Waals surface area contributed by atoms with Gasteiger partial charge in [0, 0.05) is 59.6 Å². The number of carbonyl (C=O) groups excluding carboxylic acids is 1. The summed E-state index contributed by atoms with van der Waals surface area (Å²) in [5.41, 5.74) is 0.497. The minimum absolute atomic E-state index is 0.0533. The molecule has 2 aromatic rings. The number of piperazine rings is 1. The molecule has 0 spiro atoms. The molecular formula is C17H25N7O2. The third kappa shape index (κ3) is 3.56. The van der Waals surface area contributed by atoms with Gasteiger partial charge < -0.3 is 19.4 Å². The molecule has 2 aromatic heterocycles. The van der Waals surface area contributed by atoms with Crippen molar-refractivity contribution in [2.24, 2.45) is 7.05 Å². The predicted molar refractivity (Wildman–Crippen MR) is 99.0 cm³/mol. The Morgan fingerprint density at radius 1 is 1.19 bits per heavy atom. The summed E-state index contributed by atoms with van der Waals surface area (Å²) in [5, 5.41) is 4.16. The molecule has 1 amide bonds. The molecule has 9 nitrogen and oxygen atoms in total. The van der Waals surface area contributed by atoms with Gasteiger partial charge >= 0.3 is 0 Å². The first kappa shape index (κ1) is 18.0. The van der Waals surface area contributed by atoms with Gasteiger partial charge in [-0.25, -0.2) is 9.97 Å². The maximum absolute atomic E-state index is 12.8. The summed E-state index contributed by atoms with van der Waals surface area (Å²) in [7, 11) is 7.22. The molecule has 0 unspecified atom stereocenters. The average Bonchev–Trinajstić information content (AvgIpc) is 3.01. The van der Waals surface area contributed by atoms with Crippen molar-refractivity contribution in [1.29, 1.82) is 0 Å². The molecular weight excluding hydrogens is 334 g/mol. The SMILES string of the molecule is COc1nn(C)cc1C(=O)N1CCN(c2cc(N(C)C)nc(C)n2)CC1. The third-order valence-electron chi connectivity index (χ3n) is 4.38. The van der Waals surface area contributed by atoms with E-state index in [1.807, 2.05) is 36.9 Å². The van der Waals surface area contributed by atoms with Gasteiger partial charge in [-0.2, -0.15) is 0 Å². The minimum Gasteiger partial charge on any atom is -0.479 e. The highest BCUT2D eigenvalue weighted by Crippen LogP contribution is 2.21. The van der Waals surface area contributed by atoms with E-state index < -0.39 is 0 Å². The van der Waals surface area contributed by atoms with E-state index in [1.165, 1.54) is 7.11 Å². The number of nitrogens with zero attached hydrogens (tertiary/aromatic N) is 7. The number of aryl methyl sites for hydroxylation is 2. The van der Waals surface area contributed by atoms with Gasteiger partial charge in [0.05, 0.1) is 7.11 Å². The normalized spacial score (nSPS) is 14.5. The molecule has 1 aliphatic rings.